The molecule has 0 bridgehead atoms. The number of hydrogen-bond acceptors (Lipinski definition) is 3. The van der Waals surface area contributed by atoms with Crippen molar-refractivity contribution in [1.82, 2.24) is 9.88 Å². The van der Waals surface area contributed by atoms with E-state index in [2.05, 4.69) is 17.6 Å². The van der Waals surface area contributed by atoms with Crippen LogP contribution >= 0.6 is 0 Å². The summed E-state index contributed by atoms with van der Waals surface area (Å²) < 4.78 is 1.74. The molecule has 0 aliphatic carbocycles. The van der Waals surface area contributed by atoms with Crippen molar-refractivity contribution >= 4 is 11.6 Å². The molecule has 0 spiro atoms. The second-order valence-electron chi connectivity index (χ2n) is 5.92. The van der Waals surface area contributed by atoms with Gasteiger partial charge in [-0.1, -0.05) is 18.2 Å². The standard InChI is InChI=1S/C19H25N3O2/c1-15(17-8-7-9-18(14-17)21-16(2)23)20-11-4-6-13-22-12-5-3-10-19(22)24/h3,5,7-10,12,14-15,20H,4,6,11,13H2,1-2H3,(H,21,23). The molecule has 5 nitrogen and oxygen atoms in total. The molecule has 0 radical (unpaired) electrons. The number of nitrogens with one attached hydrogen (secondary N) is 2. The van der Waals surface area contributed by atoms with Gasteiger partial charge in [-0.15, -0.1) is 0 Å². The summed E-state index contributed by atoms with van der Waals surface area (Å²) in [6.45, 7) is 5.24. The summed E-state index contributed by atoms with van der Waals surface area (Å²) in [6.07, 6.45) is 3.78. The Morgan fingerprint density at radius 2 is 2.00 bits per heavy atom. The molecule has 1 unspecified atom stereocenters. The van der Waals surface area contributed by atoms with Crippen LogP contribution < -0.4 is 16.2 Å². The summed E-state index contributed by atoms with van der Waals surface area (Å²) in [7, 11) is 0. The molecular weight excluding hydrogens is 302 g/mol. The Hall–Kier alpha value is -2.40. The van der Waals surface area contributed by atoms with Crippen LogP contribution in [-0.4, -0.2) is 17.0 Å². The minimum Gasteiger partial charge on any atom is -0.326 e. The molecule has 1 atom stereocenters. The van der Waals surface area contributed by atoms with Gasteiger partial charge >= 0.3 is 0 Å². The van der Waals surface area contributed by atoms with E-state index in [1.54, 1.807) is 16.7 Å². The zero-order chi connectivity index (χ0) is 17.4. The summed E-state index contributed by atoms with van der Waals surface area (Å²) >= 11 is 0. The number of nitrogens with zero attached hydrogens (tertiary/aromatic N) is 1. The number of amides is 1. The lowest BCUT2D eigenvalue weighted by Crippen LogP contribution is -2.22. The van der Waals surface area contributed by atoms with Crippen LogP contribution in [0.25, 0.3) is 0 Å². The maximum atomic E-state index is 11.6. The van der Waals surface area contributed by atoms with Gasteiger partial charge in [0, 0.05) is 37.5 Å². The summed E-state index contributed by atoms with van der Waals surface area (Å²) in [5.74, 6) is -0.0658. The van der Waals surface area contributed by atoms with Crippen molar-refractivity contribution in [2.75, 3.05) is 11.9 Å². The first-order chi connectivity index (χ1) is 11.6. The van der Waals surface area contributed by atoms with E-state index in [-0.39, 0.29) is 17.5 Å². The van der Waals surface area contributed by atoms with Crippen LogP contribution in [0.1, 0.15) is 38.3 Å². The average Bonchev–Trinajstić information content (AvgIpc) is 2.55. The number of unbranched alkanes of at least 4 members (excludes halogenated alkanes) is 1. The first-order valence-electron chi connectivity index (χ1n) is 8.32. The molecule has 1 heterocycles. The maximum absolute atomic E-state index is 11.6. The number of anilines is 1. The third kappa shape index (κ3) is 5.66. The van der Waals surface area contributed by atoms with Gasteiger partial charge in [0.15, 0.2) is 0 Å². The minimum absolute atomic E-state index is 0.0496. The van der Waals surface area contributed by atoms with Gasteiger partial charge in [0.25, 0.3) is 0 Å². The molecule has 2 rings (SSSR count). The number of aromatic nitrogens is 1. The average molecular weight is 327 g/mol. The highest BCUT2D eigenvalue weighted by molar-refractivity contribution is 5.88. The van der Waals surface area contributed by atoms with E-state index in [1.165, 1.54) is 6.92 Å². The van der Waals surface area contributed by atoms with Crippen molar-refractivity contribution in [2.45, 2.75) is 39.3 Å². The highest BCUT2D eigenvalue weighted by Crippen LogP contribution is 2.17. The lowest BCUT2D eigenvalue weighted by Gasteiger charge is -2.15. The highest BCUT2D eigenvalue weighted by Gasteiger charge is 2.06. The molecule has 0 saturated carbocycles. The van der Waals surface area contributed by atoms with Crippen LogP contribution in [0.4, 0.5) is 5.69 Å². The fraction of sp³-hybridized carbons (Fsp3) is 0.368. The molecule has 0 fully saturated rings. The SMILES string of the molecule is CC(=O)Nc1cccc(C(C)NCCCCn2ccccc2=O)c1. The van der Waals surface area contributed by atoms with Gasteiger partial charge in [0.2, 0.25) is 11.5 Å². The van der Waals surface area contributed by atoms with E-state index in [9.17, 15) is 9.59 Å². The summed E-state index contributed by atoms with van der Waals surface area (Å²) in [6, 6.07) is 13.3. The normalized spacial score (nSPS) is 11.9. The fourth-order valence-electron chi connectivity index (χ4n) is 2.58. The van der Waals surface area contributed by atoms with Crippen LogP contribution in [0.3, 0.4) is 0 Å². The zero-order valence-electron chi connectivity index (χ0n) is 14.3. The van der Waals surface area contributed by atoms with Gasteiger partial charge in [-0.2, -0.15) is 0 Å². The lowest BCUT2D eigenvalue weighted by molar-refractivity contribution is -0.114. The van der Waals surface area contributed by atoms with E-state index >= 15 is 0 Å². The first kappa shape index (κ1) is 17.9. The largest absolute Gasteiger partial charge is 0.326 e. The summed E-state index contributed by atoms with van der Waals surface area (Å²) in [4.78, 5) is 22.7. The number of rotatable bonds is 8. The van der Waals surface area contributed by atoms with E-state index < -0.39 is 0 Å². The number of benzene rings is 1. The highest BCUT2D eigenvalue weighted by atomic mass is 16.1. The van der Waals surface area contributed by atoms with Crippen molar-refractivity contribution in [1.29, 1.82) is 0 Å². The fourth-order valence-corrected chi connectivity index (χ4v) is 2.58. The van der Waals surface area contributed by atoms with Crippen LogP contribution in [0.15, 0.2) is 53.5 Å². The Labute approximate surface area is 142 Å². The quantitative estimate of drug-likeness (QED) is 0.733. The molecule has 2 N–H and O–H groups in total. The second-order valence-corrected chi connectivity index (χ2v) is 5.92. The van der Waals surface area contributed by atoms with Crippen LogP contribution in [0, 0.1) is 0 Å². The Balaban J connectivity index is 1.75. The van der Waals surface area contributed by atoms with Crippen LogP contribution in [-0.2, 0) is 11.3 Å². The second kappa shape index (κ2) is 9.03. The monoisotopic (exact) mass is 327 g/mol. The molecule has 1 aromatic heterocycles. The third-order valence-electron chi connectivity index (χ3n) is 3.88. The predicted octanol–water partition coefficient (Wildman–Crippen LogP) is 2.94. The topological polar surface area (TPSA) is 63.1 Å². The van der Waals surface area contributed by atoms with Gasteiger partial charge in [-0.3, -0.25) is 9.59 Å². The zero-order valence-corrected chi connectivity index (χ0v) is 14.3. The Kier molecular flexibility index (Phi) is 6.75. The van der Waals surface area contributed by atoms with E-state index in [1.807, 2.05) is 36.5 Å². The molecule has 1 aromatic carbocycles. The Morgan fingerprint density at radius 1 is 1.17 bits per heavy atom. The van der Waals surface area contributed by atoms with E-state index in [4.69, 9.17) is 0 Å². The molecule has 0 aliphatic rings. The molecule has 5 heteroatoms. The number of carbonyl (C=O) groups is 1. The smallest absolute Gasteiger partial charge is 0.250 e. The van der Waals surface area contributed by atoms with Crippen molar-refractivity contribution in [2.24, 2.45) is 0 Å². The molecule has 2 aromatic rings. The molecular formula is C19H25N3O2. The van der Waals surface area contributed by atoms with E-state index in [0.717, 1.165) is 37.2 Å². The van der Waals surface area contributed by atoms with Crippen molar-refractivity contribution in [3.05, 3.63) is 64.6 Å². The number of carbonyl (C=O) groups excluding carboxylic acids is 1. The Bertz CT molecular complexity index is 724. The van der Waals surface area contributed by atoms with Gasteiger partial charge < -0.3 is 15.2 Å². The molecule has 1 amide bonds. The first-order valence-corrected chi connectivity index (χ1v) is 8.32. The van der Waals surface area contributed by atoms with Gasteiger partial charge in [-0.05, 0) is 50.1 Å². The Morgan fingerprint density at radius 3 is 2.75 bits per heavy atom. The molecule has 128 valence electrons. The van der Waals surface area contributed by atoms with Crippen molar-refractivity contribution in [3.63, 3.8) is 0 Å². The minimum atomic E-state index is -0.0658. The summed E-state index contributed by atoms with van der Waals surface area (Å²) in [5.41, 5.74) is 2.01. The third-order valence-corrected chi connectivity index (χ3v) is 3.88. The molecule has 0 aliphatic heterocycles. The van der Waals surface area contributed by atoms with Gasteiger partial charge in [0.05, 0.1) is 0 Å². The van der Waals surface area contributed by atoms with Crippen molar-refractivity contribution in [3.8, 4) is 0 Å². The summed E-state index contributed by atoms with van der Waals surface area (Å²) in [5, 5.41) is 6.28. The lowest BCUT2D eigenvalue weighted by atomic mass is 10.1. The predicted molar refractivity (Wildman–Crippen MR) is 97.1 cm³/mol. The molecule has 0 saturated heterocycles. The van der Waals surface area contributed by atoms with Gasteiger partial charge in [-0.25, -0.2) is 0 Å². The van der Waals surface area contributed by atoms with Crippen molar-refractivity contribution < 1.29 is 4.79 Å². The van der Waals surface area contributed by atoms with Gasteiger partial charge in [0.1, 0.15) is 0 Å². The van der Waals surface area contributed by atoms with E-state index in [0.29, 0.717) is 0 Å². The van der Waals surface area contributed by atoms with Crippen LogP contribution in [0.2, 0.25) is 0 Å². The number of hydrogen-bond donors (Lipinski definition) is 2. The molecule has 24 heavy (non-hydrogen) atoms. The number of pyridine rings is 1. The van der Waals surface area contributed by atoms with Crippen LogP contribution in [0.5, 0.6) is 0 Å². The maximum Gasteiger partial charge on any atom is 0.250 e. The number of aryl methyl sites for hydroxylation is 1.